The minimum absolute atomic E-state index is 0.0577. The molecule has 16 heavy (non-hydrogen) atoms. The highest BCUT2D eigenvalue weighted by molar-refractivity contribution is 6.32. The molecule has 0 aliphatic heterocycles. The van der Waals surface area contributed by atoms with Crippen LogP contribution in [0.5, 0.6) is 0 Å². The molecule has 0 radical (unpaired) electrons. The normalized spacial score (nSPS) is 9.94. The van der Waals surface area contributed by atoms with Gasteiger partial charge in [0.2, 0.25) is 0 Å². The summed E-state index contributed by atoms with van der Waals surface area (Å²) in [6.45, 7) is 0.335. The van der Waals surface area contributed by atoms with E-state index in [9.17, 15) is 9.59 Å². The molecule has 1 aromatic rings. The lowest BCUT2D eigenvalue weighted by Crippen LogP contribution is -2.21. The van der Waals surface area contributed by atoms with Crippen LogP contribution in [0.4, 0.5) is 5.69 Å². The van der Waals surface area contributed by atoms with E-state index in [0.717, 1.165) is 4.68 Å². The Balaban J connectivity index is 2.65. The lowest BCUT2D eigenvalue weighted by Gasteiger charge is -2.07. The number of carbonyl (C=O) groups is 1. The first kappa shape index (κ1) is 12.5. The number of ether oxygens (including phenoxy) is 1. The lowest BCUT2D eigenvalue weighted by molar-refractivity contribution is -0.140. The minimum Gasteiger partial charge on any atom is -0.469 e. The Bertz CT molecular complexity index is 444. The van der Waals surface area contributed by atoms with E-state index >= 15 is 0 Å². The number of halogens is 1. The van der Waals surface area contributed by atoms with Gasteiger partial charge in [-0.2, -0.15) is 5.10 Å². The largest absolute Gasteiger partial charge is 0.469 e. The molecule has 0 saturated heterocycles. The number of esters is 1. The Hall–Kier alpha value is -1.56. The van der Waals surface area contributed by atoms with Gasteiger partial charge in [0.05, 0.1) is 25.4 Å². The monoisotopic (exact) mass is 245 g/mol. The van der Waals surface area contributed by atoms with Crippen molar-refractivity contribution in [1.82, 2.24) is 9.78 Å². The van der Waals surface area contributed by atoms with E-state index in [1.54, 1.807) is 0 Å². The Kier molecular flexibility index (Phi) is 4.30. The number of anilines is 1. The van der Waals surface area contributed by atoms with Gasteiger partial charge in [0.15, 0.2) is 0 Å². The summed E-state index contributed by atoms with van der Waals surface area (Å²) in [6, 6.07) is 0. The van der Waals surface area contributed by atoms with Crippen LogP contribution in [0.3, 0.4) is 0 Å². The van der Waals surface area contributed by atoms with E-state index < -0.39 is 0 Å². The molecule has 1 heterocycles. The molecule has 6 nitrogen and oxygen atoms in total. The highest BCUT2D eigenvalue weighted by atomic mass is 35.5. The van der Waals surface area contributed by atoms with Crippen molar-refractivity contribution in [3.8, 4) is 0 Å². The number of aromatic nitrogens is 2. The summed E-state index contributed by atoms with van der Waals surface area (Å²) in [6.07, 6.45) is 1.63. The fraction of sp³-hybridized carbons (Fsp3) is 0.444. The quantitative estimate of drug-likeness (QED) is 0.778. The molecule has 0 saturated carbocycles. The maximum atomic E-state index is 11.4. The SMILES string of the molecule is COC(=O)CCNc1cnn(C)c(=O)c1Cl. The molecule has 0 fully saturated rings. The van der Waals surface area contributed by atoms with Crippen LogP contribution in [0.1, 0.15) is 6.42 Å². The van der Waals surface area contributed by atoms with Gasteiger partial charge in [-0.25, -0.2) is 4.68 Å². The molecule has 0 aromatic carbocycles. The maximum Gasteiger partial charge on any atom is 0.307 e. The van der Waals surface area contributed by atoms with Crippen LogP contribution >= 0.6 is 11.6 Å². The van der Waals surface area contributed by atoms with Crippen molar-refractivity contribution in [1.29, 1.82) is 0 Å². The Morgan fingerprint density at radius 1 is 1.69 bits per heavy atom. The van der Waals surface area contributed by atoms with Crippen LogP contribution in [0.2, 0.25) is 5.02 Å². The average Bonchev–Trinajstić information content (AvgIpc) is 2.29. The summed E-state index contributed by atoms with van der Waals surface area (Å²) in [4.78, 5) is 22.2. The number of rotatable bonds is 4. The summed E-state index contributed by atoms with van der Waals surface area (Å²) >= 11 is 5.80. The molecule has 0 amide bonds. The molecule has 0 unspecified atom stereocenters. The summed E-state index contributed by atoms with van der Waals surface area (Å²) < 4.78 is 5.60. The van der Waals surface area contributed by atoms with Crippen LogP contribution in [-0.4, -0.2) is 29.4 Å². The number of carbonyl (C=O) groups excluding carboxylic acids is 1. The first-order chi connectivity index (χ1) is 7.56. The topological polar surface area (TPSA) is 73.2 Å². The predicted octanol–water partition coefficient (Wildman–Crippen LogP) is 0.409. The first-order valence-corrected chi connectivity index (χ1v) is 4.96. The molecule has 7 heteroatoms. The number of nitrogens with one attached hydrogen (secondary N) is 1. The van der Waals surface area contributed by atoms with E-state index in [2.05, 4.69) is 15.2 Å². The van der Waals surface area contributed by atoms with Gasteiger partial charge in [0, 0.05) is 13.6 Å². The third kappa shape index (κ3) is 2.96. The Morgan fingerprint density at radius 2 is 2.38 bits per heavy atom. The third-order valence-electron chi connectivity index (χ3n) is 1.95. The molecule has 1 rings (SSSR count). The van der Waals surface area contributed by atoms with E-state index in [1.807, 2.05) is 0 Å². The van der Waals surface area contributed by atoms with Crippen molar-refractivity contribution in [2.45, 2.75) is 6.42 Å². The zero-order valence-electron chi connectivity index (χ0n) is 8.99. The zero-order chi connectivity index (χ0) is 12.1. The zero-order valence-corrected chi connectivity index (χ0v) is 9.74. The van der Waals surface area contributed by atoms with Gasteiger partial charge in [-0.05, 0) is 0 Å². The molecule has 88 valence electrons. The minimum atomic E-state index is -0.385. The number of nitrogens with zero attached hydrogens (tertiary/aromatic N) is 2. The molecular formula is C9H12ClN3O3. The Labute approximate surface area is 97.2 Å². The van der Waals surface area contributed by atoms with Crippen molar-refractivity contribution < 1.29 is 9.53 Å². The van der Waals surface area contributed by atoms with Crippen LogP contribution in [-0.2, 0) is 16.6 Å². The number of hydrogen-bond donors (Lipinski definition) is 1. The van der Waals surface area contributed by atoms with E-state index in [-0.39, 0.29) is 23.0 Å². The van der Waals surface area contributed by atoms with Crippen LogP contribution in [0.25, 0.3) is 0 Å². The first-order valence-electron chi connectivity index (χ1n) is 4.58. The maximum absolute atomic E-state index is 11.4. The van der Waals surface area contributed by atoms with E-state index in [1.165, 1.54) is 20.4 Å². The summed E-state index contributed by atoms with van der Waals surface area (Å²) in [5.41, 5.74) is 0.0263. The van der Waals surface area contributed by atoms with Crippen molar-refractivity contribution >= 4 is 23.3 Å². The standard InChI is InChI=1S/C9H12ClN3O3/c1-13-9(15)8(10)6(5-12-13)11-4-3-7(14)16-2/h5,11H,3-4H2,1-2H3. The van der Waals surface area contributed by atoms with E-state index in [0.29, 0.717) is 12.2 Å². The van der Waals surface area contributed by atoms with Gasteiger partial charge in [0.25, 0.3) is 5.56 Å². The van der Waals surface area contributed by atoms with Crippen LogP contribution < -0.4 is 10.9 Å². The highest BCUT2D eigenvalue weighted by Crippen LogP contribution is 2.14. The summed E-state index contributed by atoms with van der Waals surface area (Å²) in [5.74, 6) is -0.333. The molecule has 0 aliphatic carbocycles. The van der Waals surface area contributed by atoms with Gasteiger partial charge >= 0.3 is 5.97 Å². The fourth-order valence-corrected chi connectivity index (χ4v) is 1.27. The molecule has 0 aliphatic rings. The van der Waals surface area contributed by atoms with Gasteiger partial charge in [-0.1, -0.05) is 11.6 Å². The second kappa shape index (κ2) is 5.50. The number of aryl methyl sites for hydroxylation is 1. The molecule has 0 bridgehead atoms. The van der Waals surface area contributed by atoms with Crippen molar-refractivity contribution in [2.75, 3.05) is 19.0 Å². The van der Waals surface area contributed by atoms with Crippen molar-refractivity contribution in [3.05, 3.63) is 21.6 Å². The number of methoxy groups -OCH3 is 1. The molecule has 1 N–H and O–H groups in total. The van der Waals surface area contributed by atoms with Crippen LogP contribution in [0.15, 0.2) is 11.0 Å². The van der Waals surface area contributed by atoms with Crippen LogP contribution in [0, 0.1) is 0 Å². The third-order valence-corrected chi connectivity index (χ3v) is 2.32. The smallest absolute Gasteiger partial charge is 0.307 e. The summed E-state index contributed by atoms with van der Waals surface area (Å²) in [7, 11) is 2.82. The predicted molar refractivity (Wildman–Crippen MR) is 59.6 cm³/mol. The second-order valence-corrected chi connectivity index (χ2v) is 3.43. The molecule has 0 atom stereocenters. The highest BCUT2D eigenvalue weighted by Gasteiger charge is 2.07. The number of hydrogen-bond acceptors (Lipinski definition) is 5. The van der Waals surface area contributed by atoms with Gasteiger partial charge in [-0.3, -0.25) is 9.59 Å². The Morgan fingerprint density at radius 3 is 3.00 bits per heavy atom. The fourth-order valence-electron chi connectivity index (χ4n) is 1.04. The lowest BCUT2D eigenvalue weighted by atomic mass is 10.4. The van der Waals surface area contributed by atoms with Gasteiger partial charge in [-0.15, -0.1) is 0 Å². The second-order valence-electron chi connectivity index (χ2n) is 3.05. The summed E-state index contributed by atoms with van der Waals surface area (Å²) in [5, 5.41) is 6.69. The molecular weight excluding hydrogens is 234 g/mol. The van der Waals surface area contributed by atoms with Crippen molar-refractivity contribution in [3.63, 3.8) is 0 Å². The molecule has 0 spiro atoms. The van der Waals surface area contributed by atoms with Crippen molar-refractivity contribution in [2.24, 2.45) is 7.05 Å². The average molecular weight is 246 g/mol. The van der Waals surface area contributed by atoms with Gasteiger partial charge in [0.1, 0.15) is 5.02 Å². The van der Waals surface area contributed by atoms with Gasteiger partial charge < -0.3 is 10.1 Å². The molecule has 1 aromatic heterocycles. The van der Waals surface area contributed by atoms with E-state index in [4.69, 9.17) is 11.6 Å².